The molecule has 0 aliphatic heterocycles. The minimum Gasteiger partial charge on any atom is -0.378 e. The molecule has 0 bridgehead atoms. The van der Waals surface area contributed by atoms with E-state index in [1.807, 2.05) is 43.3 Å². The molecule has 2 unspecified atom stereocenters. The van der Waals surface area contributed by atoms with E-state index >= 15 is 0 Å². The molecule has 0 aromatic heterocycles. The fourth-order valence-corrected chi connectivity index (χ4v) is 2.96. The highest BCUT2D eigenvalue weighted by molar-refractivity contribution is 7.83. The SMILES string of the molecule is CNS(=O)c1ccc(NC(CC(=N)CF)c2ccc(C)cc2)cc1. The van der Waals surface area contributed by atoms with Gasteiger partial charge in [0, 0.05) is 17.8 Å². The third kappa shape index (κ3) is 4.97. The molecule has 3 N–H and O–H groups in total. The molecule has 2 aromatic carbocycles. The zero-order valence-corrected chi connectivity index (χ0v) is 14.6. The van der Waals surface area contributed by atoms with Crippen LogP contribution in [-0.2, 0) is 11.0 Å². The number of benzene rings is 2. The third-order valence-electron chi connectivity index (χ3n) is 3.69. The summed E-state index contributed by atoms with van der Waals surface area (Å²) in [5, 5.41) is 11.0. The number of alkyl halides is 1. The molecule has 4 nitrogen and oxygen atoms in total. The van der Waals surface area contributed by atoms with Crippen LogP contribution in [0.3, 0.4) is 0 Å². The van der Waals surface area contributed by atoms with Gasteiger partial charge >= 0.3 is 0 Å². The van der Waals surface area contributed by atoms with Gasteiger partial charge in [0.2, 0.25) is 0 Å². The molecule has 2 atom stereocenters. The fourth-order valence-electron chi connectivity index (χ4n) is 2.35. The summed E-state index contributed by atoms with van der Waals surface area (Å²) in [7, 11) is 0.415. The van der Waals surface area contributed by atoms with Gasteiger partial charge < -0.3 is 10.7 Å². The lowest BCUT2D eigenvalue weighted by molar-refractivity contribution is 0.569. The Morgan fingerprint density at radius 3 is 2.33 bits per heavy atom. The quantitative estimate of drug-likeness (QED) is 0.637. The van der Waals surface area contributed by atoms with Crippen LogP contribution in [0.15, 0.2) is 53.4 Å². The van der Waals surface area contributed by atoms with Gasteiger partial charge in [0.15, 0.2) is 0 Å². The zero-order chi connectivity index (χ0) is 17.5. The summed E-state index contributed by atoms with van der Waals surface area (Å²) in [5.74, 6) is 0. The first-order valence-corrected chi connectivity index (χ1v) is 8.83. The normalized spacial score (nSPS) is 13.3. The van der Waals surface area contributed by atoms with Crippen molar-refractivity contribution in [3.63, 3.8) is 0 Å². The van der Waals surface area contributed by atoms with Crippen molar-refractivity contribution in [2.75, 3.05) is 19.0 Å². The molecule has 0 aliphatic carbocycles. The molecule has 0 spiro atoms. The van der Waals surface area contributed by atoms with Gasteiger partial charge in [-0.1, -0.05) is 29.8 Å². The van der Waals surface area contributed by atoms with Crippen molar-refractivity contribution in [3.8, 4) is 0 Å². The molecular weight excluding hydrogens is 325 g/mol. The Labute approximate surface area is 144 Å². The van der Waals surface area contributed by atoms with Crippen LogP contribution in [0.4, 0.5) is 10.1 Å². The number of halogens is 1. The second-order valence-corrected chi connectivity index (χ2v) is 6.96. The average molecular weight is 347 g/mol. The second kappa shape index (κ2) is 8.70. The molecule has 0 fully saturated rings. The van der Waals surface area contributed by atoms with E-state index < -0.39 is 17.7 Å². The van der Waals surface area contributed by atoms with Crippen molar-refractivity contribution in [1.29, 1.82) is 5.41 Å². The molecule has 0 aliphatic rings. The van der Waals surface area contributed by atoms with Gasteiger partial charge in [-0.15, -0.1) is 0 Å². The van der Waals surface area contributed by atoms with E-state index in [9.17, 15) is 8.60 Å². The molecule has 0 amide bonds. The summed E-state index contributed by atoms with van der Waals surface area (Å²) < 4.78 is 27.1. The Morgan fingerprint density at radius 2 is 1.79 bits per heavy atom. The Hall–Kier alpha value is -2.05. The standard InChI is InChI=1S/C18H22FN3OS/c1-13-3-5-14(6-4-13)18(11-15(20)12-19)22-16-7-9-17(10-8-16)24(23)21-2/h3-10,18,20-22H,11-12H2,1-2H3. The molecule has 0 saturated heterocycles. The average Bonchev–Trinajstić information content (AvgIpc) is 2.61. The molecular formula is C18H22FN3OS. The largest absolute Gasteiger partial charge is 0.378 e. The molecule has 128 valence electrons. The van der Waals surface area contributed by atoms with Crippen LogP contribution in [0.25, 0.3) is 0 Å². The van der Waals surface area contributed by atoms with Crippen molar-refractivity contribution in [1.82, 2.24) is 4.72 Å². The second-order valence-electron chi connectivity index (χ2n) is 5.55. The lowest BCUT2D eigenvalue weighted by Gasteiger charge is -2.21. The molecule has 6 heteroatoms. The number of nitrogens with one attached hydrogen (secondary N) is 3. The first-order chi connectivity index (χ1) is 11.5. The maximum Gasteiger partial charge on any atom is 0.127 e. The van der Waals surface area contributed by atoms with E-state index in [1.54, 1.807) is 19.2 Å². The summed E-state index contributed by atoms with van der Waals surface area (Å²) in [6.07, 6.45) is 0.295. The first kappa shape index (κ1) is 18.3. The van der Waals surface area contributed by atoms with Gasteiger partial charge in [0.25, 0.3) is 0 Å². The molecule has 24 heavy (non-hydrogen) atoms. The molecule has 0 radical (unpaired) electrons. The van der Waals surface area contributed by atoms with Gasteiger partial charge in [-0.3, -0.25) is 0 Å². The van der Waals surface area contributed by atoms with Crippen molar-refractivity contribution < 1.29 is 8.60 Å². The van der Waals surface area contributed by atoms with Crippen LogP contribution in [0, 0.1) is 12.3 Å². The van der Waals surface area contributed by atoms with Crippen molar-refractivity contribution in [3.05, 3.63) is 59.7 Å². The lowest BCUT2D eigenvalue weighted by Crippen LogP contribution is -2.16. The van der Waals surface area contributed by atoms with Gasteiger partial charge in [-0.05, 0) is 43.8 Å². The van der Waals surface area contributed by atoms with Crippen LogP contribution < -0.4 is 10.0 Å². The predicted molar refractivity (Wildman–Crippen MR) is 97.8 cm³/mol. The van der Waals surface area contributed by atoms with E-state index in [0.29, 0.717) is 11.3 Å². The van der Waals surface area contributed by atoms with Crippen molar-refractivity contribution in [2.45, 2.75) is 24.3 Å². The highest BCUT2D eigenvalue weighted by Crippen LogP contribution is 2.24. The van der Waals surface area contributed by atoms with Gasteiger partial charge in [0.05, 0.1) is 10.9 Å². The van der Waals surface area contributed by atoms with Gasteiger partial charge in [0.1, 0.15) is 17.7 Å². The molecule has 0 heterocycles. The topological polar surface area (TPSA) is 65.0 Å². The van der Waals surface area contributed by atoms with Crippen LogP contribution in [0.2, 0.25) is 0 Å². The first-order valence-electron chi connectivity index (χ1n) is 7.68. The van der Waals surface area contributed by atoms with Crippen LogP contribution in [0.1, 0.15) is 23.6 Å². The zero-order valence-electron chi connectivity index (χ0n) is 13.8. The maximum absolute atomic E-state index is 12.8. The molecule has 2 aromatic rings. The lowest BCUT2D eigenvalue weighted by atomic mass is 10.00. The van der Waals surface area contributed by atoms with E-state index in [4.69, 9.17) is 5.41 Å². The number of hydrogen-bond donors (Lipinski definition) is 3. The van der Waals surface area contributed by atoms with Crippen LogP contribution in [-0.4, -0.2) is 23.6 Å². The van der Waals surface area contributed by atoms with E-state index in [-0.39, 0.29) is 11.8 Å². The molecule has 0 saturated carbocycles. The van der Waals surface area contributed by atoms with Crippen molar-refractivity contribution >= 4 is 22.4 Å². The van der Waals surface area contributed by atoms with E-state index in [0.717, 1.165) is 16.8 Å². The summed E-state index contributed by atoms with van der Waals surface area (Å²) in [4.78, 5) is 0.687. The minimum atomic E-state index is -1.22. The highest BCUT2D eigenvalue weighted by Gasteiger charge is 2.14. The summed E-state index contributed by atoms with van der Waals surface area (Å²) in [6, 6.07) is 15.0. The Bertz CT molecular complexity index is 701. The molecule has 2 rings (SSSR count). The van der Waals surface area contributed by atoms with Gasteiger partial charge in [-0.25, -0.2) is 13.3 Å². The highest BCUT2D eigenvalue weighted by atomic mass is 32.2. The number of anilines is 1. The summed E-state index contributed by atoms with van der Waals surface area (Å²) in [6.45, 7) is 1.26. The smallest absolute Gasteiger partial charge is 0.127 e. The monoisotopic (exact) mass is 347 g/mol. The minimum absolute atomic E-state index is 0.0565. The predicted octanol–water partition coefficient (Wildman–Crippen LogP) is 3.77. The van der Waals surface area contributed by atoms with Crippen LogP contribution >= 0.6 is 0 Å². The Morgan fingerprint density at radius 1 is 1.17 bits per heavy atom. The number of aryl methyl sites for hydroxylation is 1. The van der Waals surface area contributed by atoms with Gasteiger partial charge in [-0.2, -0.15) is 0 Å². The maximum atomic E-state index is 12.8. The Balaban J connectivity index is 2.19. The third-order valence-corrected chi connectivity index (χ3v) is 4.76. The summed E-state index contributed by atoms with van der Waals surface area (Å²) >= 11 is 0. The summed E-state index contributed by atoms with van der Waals surface area (Å²) in [5.41, 5.74) is 3.05. The van der Waals surface area contributed by atoms with E-state index in [1.165, 1.54) is 0 Å². The fraction of sp³-hybridized carbons (Fsp3) is 0.278. The van der Waals surface area contributed by atoms with Crippen molar-refractivity contribution in [2.24, 2.45) is 0 Å². The number of hydrogen-bond acceptors (Lipinski definition) is 3. The Kier molecular flexibility index (Phi) is 6.63. The van der Waals surface area contributed by atoms with E-state index in [2.05, 4.69) is 10.0 Å². The van der Waals surface area contributed by atoms with Crippen LogP contribution in [0.5, 0.6) is 0 Å². The number of rotatable bonds is 8.